The van der Waals surface area contributed by atoms with E-state index in [1.807, 2.05) is 6.92 Å². The molecule has 0 spiro atoms. The number of aromatic nitrogens is 1. The zero-order valence-electron chi connectivity index (χ0n) is 6.76. The van der Waals surface area contributed by atoms with Crippen LogP contribution in [0.5, 0.6) is 0 Å². The van der Waals surface area contributed by atoms with E-state index in [1.54, 1.807) is 12.3 Å². The third kappa shape index (κ3) is 1.86. The molecule has 0 bridgehead atoms. The Morgan fingerprint density at radius 3 is 2.92 bits per heavy atom. The van der Waals surface area contributed by atoms with Crippen LogP contribution in [0.2, 0.25) is 11.5 Å². The average Bonchev–Trinajstić information content (AvgIpc) is 2.03. The molecule has 0 atom stereocenters. The Morgan fingerprint density at radius 2 is 2.42 bits per heavy atom. The quantitative estimate of drug-likeness (QED) is 0.420. The summed E-state index contributed by atoms with van der Waals surface area (Å²) in [6, 6.07) is 1.72. The molecule has 1 N–H and O–H groups in total. The Hall–Kier alpha value is -0.825. The lowest BCUT2D eigenvalue weighted by Crippen LogP contribution is -2.01. The van der Waals surface area contributed by atoms with Gasteiger partial charge in [0.15, 0.2) is 0 Å². The zero-order chi connectivity index (χ0) is 9.14. The molecule has 1 heterocycles. The summed E-state index contributed by atoms with van der Waals surface area (Å²) in [7, 11) is 5.33. The van der Waals surface area contributed by atoms with Gasteiger partial charge < -0.3 is 5.41 Å². The smallest absolute Gasteiger partial charge is 0.129 e. The first-order chi connectivity index (χ1) is 5.65. The summed E-state index contributed by atoms with van der Waals surface area (Å²) in [5.74, 6) is 0. The van der Waals surface area contributed by atoms with Crippen molar-refractivity contribution in [1.29, 1.82) is 5.41 Å². The third-order valence-corrected chi connectivity index (χ3v) is 1.81. The molecule has 1 aromatic rings. The zero-order valence-corrected chi connectivity index (χ0v) is 7.52. The van der Waals surface area contributed by atoms with E-state index in [9.17, 15) is 0 Å². The lowest BCUT2D eigenvalue weighted by atomic mass is 9.94. The predicted octanol–water partition coefficient (Wildman–Crippen LogP) is 2.00. The van der Waals surface area contributed by atoms with Gasteiger partial charge in [-0.3, -0.25) is 0 Å². The molecule has 0 aliphatic carbocycles. The van der Waals surface area contributed by atoms with Crippen LogP contribution in [0.25, 0.3) is 0 Å². The number of hydrogen-bond acceptors (Lipinski definition) is 2. The molecule has 0 saturated heterocycles. The molecule has 0 amide bonds. The summed E-state index contributed by atoms with van der Waals surface area (Å²) in [4.78, 5) is 3.88. The molecule has 0 aliphatic heterocycles. The summed E-state index contributed by atoms with van der Waals surface area (Å²) in [6.07, 6.45) is 1.80. The molecule has 0 fully saturated rings. The first-order valence-corrected chi connectivity index (χ1v) is 3.93. The number of hydrogen-bond donors (Lipinski definition) is 1. The average molecular weight is 178 g/mol. The highest BCUT2D eigenvalue weighted by molar-refractivity contribution is 6.29. The molecule has 1 aromatic heterocycles. The van der Waals surface area contributed by atoms with Crippen molar-refractivity contribution in [2.24, 2.45) is 0 Å². The second-order valence-corrected chi connectivity index (χ2v) is 2.89. The number of pyridine rings is 1. The fraction of sp³-hybridized carbons (Fsp3) is 0.250. The lowest BCUT2D eigenvalue weighted by Gasteiger charge is -2.04. The molecule has 0 saturated carbocycles. The minimum absolute atomic E-state index is 0.226. The number of nitrogens with one attached hydrogen (secondary N) is 1. The van der Waals surface area contributed by atoms with E-state index in [0.717, 1.165) is 11.1 Å². The summed E-state index contributed by atoms with van der Waals surface area (Å²) >= 11 is 5.65. The largest absolute Gasteiger partial charge is 0.305 e. The number of halogens is 1. The maximum atomic E-state index is 7.48. The van der Waals surface area contributed by atoms with Gasteiger partial charge in [0, 0.05) is 17.5 Å². The fourth-order valence-corrected chi connectivity index (χ4v) is 1.16. The minimum Gasteiger partial charge on any atom is -0.305 e. The van der Waals surface area contributed by atoms with E-state index in [4.69, 9.17) is 24.9 Å². The van der Waals surface area contributed by atoms with Gasteiger partial charge in [-0.2, -0.15) is 0 Å². The molecule has 0 unspecified atom stereocenters. The number of aryl methyl sites for hydroxylation is 1. The van der Waals surface area contributed by atoms with Gasteiger partial charge in [0.2, 0.25) is 0 Å². The molecule has 4 heteroatoms. The Labute approximate surface area is 77.9 Å². The highest BCUT2D eigenvalue weighted by atomic mass is 35.5. The van der Waals surface area contributed by atoms with Gasteiger partial charge in [-0.25, -0.2) is 4.98 Å². The van der Waals surface area contributed by atoms with Gasteiger partial charge in [0.25, 0.3) is 0 Å². The van der Waals surface area contributed by atoms with Crippen LogP contribution in [0.4, 0.5) is 0 Å². The van der Waals surface area contributed by atoms with Gasteiger partial charge in [0.1, 0.15) is 5.15 Å². The predicted molar refractivity (Wildman–Crippen MR) is 51.4 cm³/mol. The highest BCUT2D eigenvalue weighted by Gasteiger charge is 2.03. The van der Waals surface area contributed by atoms with E-state index < -0.39 is 0 Å². The highest BCUT2D eigenvalue weighted by Crippen LogP contribution is 2.13. The van der Waals surface area contributed by atoms with Crippen LogP contribution in [-0.2, 0) is 0 Å². The first kappa shape index (κ1) is 9.26. The number of nitrogens with zero attached hydrogens (tertiary/aromatic N) is 1. The van der Waals surface area contributed by atoms with E-state index in [2.05, 4.69) is 4.98 Å². The lowest BCUT2D eigenvalue weighted by molar-refractivity contribution is 1.25. The van der Waals surface area contributed by atoms with E-state index in [0.29, 0.717) is 10.9 Å². The van der Waals surface area contributed by atoms with E-state index in [1.165, 1.54) is 0 Å². The monoisotopic (exact) mass is 178 g/mol. The Morgan fingerprint density at radius 1 is 1.75 bits per heavy atom. The van der Waals surface area contributed by atoms with Gasteiger partial charge in [-0.05, 0) is 24.9 Å². The summed E-state index contributed by atoms with van der Waals surface area (Å²) in [5.41, 5.74) is 2.09. The van der Waals surface area contributed by atoms with Crippen molar-refractivity contribution < 1.29 is 0 Å². The van der Waals surface area contributed by atoms with E-state index in [-0.39, 0.29) is 6.32 Å². The molecular formula is C8H8BClN2. The molecule has 1 rings (SSSR count). The Bertz CT molecular complexity index is 312. The molecule has 0 aliphatic rings. The van der Waals surface area contributed by atoms with Crippen LogP contribution in [0, 0.1) is 12.3 Å². The van der Waals surface area contributed by atoms with Gasteiger partial charge in [-0.1, -0.05) is 11.6 Å². The van der Waals surface area contributed by atoms with Crippen molar-refractivity contribution in [2.45, 2.75) is 13.2 Å². The van der Waals surface area contributed by atoms with Crippen LogP contribution in [0.15, 0.2) is 12.3 Å². The maximum absolute atomic E-state index is 7.48. The Kier molecular flexibility index (Phi) is 2.87. The summed E-state index contributed by atoms with van der Waals surface area (Å²) in [6.45, 7) is 1.88. The molecule has 0 aromatic carbocycles. The second kappa shape index (κ2) is 3.72. The normalized spacial score (nSPS) is 9.83. The molecule has 2 radical (unpaired) electrons. The molecular weight excluding hydrogens is 170 g/mol. The Balaban J connectivity index is 3.09. The molecule has 2 nitrogen and oxygen atoms in total. The van der Waals surface area contributed by atoms with Crippen molar-refractivity contribution in [3.63, 3.8) is 0 Å². The number of rotatable bonds is 2. The fourth-order valence-electron chi connectivity index (χ4n) is 0.948. The van der Waals surface area contributed by atoms with Crippen LogP contribution in [-0.4, -0.2) is 18.5 Å². The molecule has 60 valence electrons. The SMILES string of the molecule is [B]CC(=N)c1cnc(Cl)cc1C. The van der Waals surface area contributed by atoms with Gasteiger partial charge >= 0.3 is 0 Å². The van der Waals surface area contributed by atoms with Gasteiger partial charge in [-0.15, -0.1) is 0 Å². The summed E-state index contributed by atoms with van der Waals surface area (Å²) in [5, 5.41) is 7.93. The van der Waals surface area contributed by atoms with Crippen LogP contribution in [0.1, 0.15) is 11.1 Å². The van der Waals surface area contributed by atoms with Crippen LogP contribution in [0.3, 0.4) is 0 Å². The summed E-state index contributed by atoms with van der Waals surface area (Å²) < 4.78 is 0. The van der Waals surface area contributed by atoms with Gasteiger partial charge in [0.05, 0.1) is 7.85 Å². The van der Waals surface area contributed by atoms with Crippen molar-refractivity contribution in [3.05, 3.63) is 28.5 Å². The van der Waals surface area contributed by atoms with Crippen molar-refractivity contribution in [2.75, 3.05) is 0 Å². The van der Waals surface area contributed by atoms with Crippen LogP contribution < -0.4 is 0 Å². The molecule has 12 heavy (non-hydrogen) atoms. The minimum atomic E-state index is 0.226. The standard InChI is InChI=1S/C8H8BClN2/c1-5-2-8(10)12-4-6(5)7(11)3-9/h2,4,11H,3H2,1H3. The van der Waals surface area contributed by atoms with Crippen molar-refractivity contribution in [1.82, 2.24) is 4.98 Å². The maximum Gasteiger partial charge on any atom is 0.129 e. The first-order valence-electron chi connectivity index (χ1n) is 3.55. The van der Waals surface area contributed by atoms with Crippen LogP contribution >= 0.6 is 11.6 Å². The van der Waals surface area contributed by atoms with E-state index >= 15 is 0 Å². The van der Waals surface area contributed by atoms with Crippen molar-refractivity contribution >= 4 is 25.2 Å². The van der Waals surface area contributed by atoms with Crippen molar-refractivity contribution in [3.8, 4) is 0 Å². The topological polar surface area (TPSA) is 36.7 Å². The third-order valence-electron chi connectivity index (χ3n) is 1.61. The second-order valence-electron chi connectivity index (χ2n) is 2.50.